The summed E-state index contributed by atoms with van der Waals surface area (Å²) < 4.78 is 1.56. The number of rotatable bonds is 3. The van der Waals surface area contributed by atoms with Crippen molar-refractivity contribution in [3.05, 3.63) is 34.7 Å². The van der Waals surface area contributed by atoms with E-state index in [4.69, 9.17) is 5.11 Å². The van der Waals surface area contributed by atoms with Gasteiger partial charge in [-0.2, -0.15) is 0 Å². The Bertz CT molecular complexity index is 289. The molecule has 0 radical (unpaired) electrons. The Morgan fingerprint density at radius 2 is 2.33 bits per heavy atom. The highest BCUT2D eigenvalue weighted by atomic mass is 16.3. The first-order valence-corrected chi connectivity index (χ1v) is 4.07. The monoisotopic (exact) mass is 167 g/mol. The number of nitrogens with zero attached hydrogens (tertiary/aromatic N) is 1. The Hall–Kier alpha value is -1.09. The molecule has 66 valence electrons. The summed E-state index contributed by atoms with van der Waals surface area (Å²) in [6.07, 6.45) is 2.47. The minimum atomic E-state index is -0.0845. The molecule has 0 fully saturated rings. The zero-order chi connectivity index (χ0) is 8.97. The van der Waals surface area contributed by atoms with Crippen LogP contribution in [0.25, 0.3) is 0 Å². The molecule has 12 heavy (non-hydrogen) atoms. The minimum absolute atomic E-state index is 0.0143. The standard InChI is InChI=1S/C9H13NO2/c1-2-8(7-11)10-6-4-3-5-9(10)12/h3-6,8,11H,2,7H2,1H3/t8-/m1/s1. The van der Waals surface area contributed by atoms with Gasteiger partial charge in [0.25, 0.3) is 5.56 Å². The van der Waals surface area contributed by atoms with Crippen LogP contribution in [-0.2, 0) is 0 Å². The van der Waals surface area contributed by atoms with Crippen LogP contribution in [-0.4, -0.2) is 16.3 Å². The van der Waals surface area contributed by atoms with Crippen molar-refractivity contribution in [2.45, 2.75) is 19.4 Å². The first-order valence-electron chi connectivity index (χ1n) is 4.07. The predicted octanol–water partition coefficient (Wildman–Crippen LogP) is 0.792. The molecule has 1 aromatic rings. The fraction of sp³-hybridized carbons (Fsp3) is 0.444. The summed E-state index contributed by atoms with van der Waals surface area (Å²) >= 11 is 0. The molecule has 0 aliphatic rings. The molecular formula is C9H13NO2. The van der Waals surface area contributed by atoms with Gasteiger partial charge >= 0.3 is 0 Å². The molecule has 0 saturated heterocycles. The SMILES string of the molecule is CC[C@H](CO)n1ccccc1=O. The minimum Gasteiger partial charge on any atom is -0.394 e. The van der Waals surface area contributed by atoms with Crippen molar-refractivity contribution in [3.63, 3.8) is 0 Å². The molecular weight excluding hydrogens is 154 g/mol. The highest BCUT2D eigenvalue weighted by Gasteiger charge is 2.06. The van der Waals surface area contributed by atoms with E-state index in [1.165, 1.54) is 6.07 Å². The lowest BCUT2D eigenvalue weighted by Gasteiger charge is -2.14. The molecule has 0 spiro atoms. The fourth-order valence-corrected chi connectivity index (χ4v) is 1.16. The molecule has 1 N–H and O–H groups in total. The summed E-state index contributed by atoms with van der Waals surface area (Å²) in [5.74, 6) is 0. The molecule has 1 heterocycles. The lowest BCUT2D eigenvalue weighted by Crippen LogP contribution is -2.24. The second kappa shape index (κ2) is 4.07. The lowest BCUT2D eigenvalue weighted by atomic mass is 10.2. The Morgan fingerprint density at radius 3 is 2.83 bits per heavy atom. The van der Waals surface area contributed by atoms with Crippen molar-refractivity contribution in [2.75, 3.05) is 6.61 Å². The van der Waals surface area contributed by atoms with Gasteiger partial charge in [-0.25, -0.2) is 0 Å². The molecule has 1 aromatic heterocycles. The highest BCUT2D eigenvalue weighted by molar-refractivity contribution is 4.94. The second-order valence-electron chi connectivity index (χ2n) is 2.69. The van der Waals surface area contributed by atoms with Gasteiger partial charge in [0.05, 0.1) is 12.6 Å². The molecule has 0 aromatic carbocycles. The van der Waals surface area contributed by atoms with Gasteiger partial charge < -0.3 is 9.67 Å². The molecule has 0 saturated carbocycles. The Labute approximate surface area is 71.3 Å². The first kappa shape index (κ1) is 9.00. The summed E-state index contributed by atoms with van der Waals surface area (Å²) in [6.45, 7) is 1.96. The van der Waals surface area contributed by atoms with Gasteiger partial charge in [0.2, 0.25) is 0 Å². The number of aliphatic hydroxyl groups excluding tert-OH is 1. The van der Waals surface area contributed by atoms with Crippen LogP contribution in [0.15, 0.2) is 29.2 Å². The zero-order valence-electron chi connectivity index (χ0n) is 7.10. The van der Waals surface area contributed by atoms with E-state index in [0.717, 1.165) is 6.42 Å². The van der Waals surface area contributed by atoms with Crippen molar-refractivity contribution in [2.24, 2.45) is 0 Å². The molecule has 0 amide bonds. The van der Waals surface area contributed by atoms with E-state index < -0.39 is 0 Å². The zero-order valence-corrected chi connectivity index (χ0v) is 7.10. The van der Waals surface area contributed by atoms with Crippen LogP contribution in [0, 0.1) is 0 Å². The van der Waals surface area contributed by atoms with Gasteiger partial charge in [0.15, 0.2) is 0 Å². The summed E-state index contributed by atoms with van der Waals surface area (Å²) in [7, 11) is 0. The molecule has 3 nitrogen and oxygen atoms in total. The third kappa shape index (κ3) is 1.74. The number of hydrogen-bond donors (Lipinski definition) is 1. The summed E-state index contributed by atoms with van der Waals surface area (Å²) in [5, 5.41) is 8.94. The summed E-state index contributed by atoms with van der Waals surface area (Å²) in [5.41, 5.74) is -0.0570. The topological polar surface area (TPSA) is 42.2 Å². The van der Waals surface area contributed by atoms with Gasteiger partial charge in [-0.1, -0.05) is 13.0 Å². The average molecular weight is 167 g/mol. The second-order valence-corrected chi connectivity index (χ2v) is 2.69. The third-order valence-electron chi connectivity index (χ3n) is 1.93. The van der Waals surface area contributed by atoms with Crippen molar-refractivity contribution in [3.8, 4) is 0 Å². The van der Waals surface area contributed by atoms with Crippen LogP contribution in [0.5, 0.6) is 0 Å². The maximum absolute atomic E-state index is 11.2. The fourth-order valence-electron chi connectivity index (χ4n) is 1.16. The molecule has 0 aliphatic heterocycles. The van der Waals surface area contributed by atoms with Crippen molar-refractivity contribution >= 4 is 0 Å². The number of aliphatic hydroxyl groups is 1. The normalized spacial score (nSPS) is 12.8. The van der Waals surface area contributed by atoms with Crippen LogP contribution in [0.3, 0.4) is 0 Å². The number of hydrogen-bond acceptors (Lipinski definition) is 2. The van der Waals surface area contributed by atoms with Gasteiger partial charge in [-0.05, 0) is 12.5 Å². The Kier molecular flexibility index (Phi) is 3.05. The molecule has 3 heteroatoms. The van der Waals surface area contributed by atoms with Gasteiger partial charge in [0.1, 0.15) is 0 Å². The van der Waals surface area contributed by atoms with Crippen molar-refractivity contribution in [1.82, 2.24) is 4.57 Å². The third-order valence-corrected chi connectivity index (χ3v) is 1.93. The van der Waals surface area contributed by atoms with E-state index in [1.807, 2.05) is 6.92 Å². The van der Waals surface area contributed by atoms with Crippen LogP contribution >= 0.6 is 0 Å². The van der Waals surface area contributed by atoms with Crippen LogP contribution < -0.4 is 5.56 Å². The average Bonchev–Trinajstić information content (AvgIpc) is 2.10. The highest BCUT2D eigenvalue weighted by Crippen LogP contribution is 2.05. The maximum Gasteiger partial charge on any atom is 0.250 e. The van der Waals surface area contributed by atoms with E-state index in [1.54, 1.807) is 22.9 Å². The van der Waals surface area contributed by atoms with Crippen molar-refractivity contribution < 1.29 is 5.11 Å². The van der Waals surface area contributed by atoms with Gasteiger partial charge in [0, 0.05) is 12.3 Å². The summed E-state index contributed by atoms with van der Waals surface area (Å²) in [6, 6.07) is 4.90. The van der Waals surface area contributed by atoms with E-state index in [2.05, 4.69) is 0 Å². The predicted molar refractivity (Wildman–Crippen MR) is 47.1 cm³/mol. The largest absolute Gasteiger partial charge is 0.394 e. The Balaban J connectivity index is 3.00. The quantitative estimate of drug-likeness (QED) is 0.723. The summed E-state index contributed by atoms with van der Waals surface area (Å²) in [4.78, 5) is 11.2. The lowest BCUT2D eigenvalue weighted by molar-refractivity contribution is 0.221. The first-order chi connectivity index (χ1) is 5.79. The van der Waals surface area contributed by atoms with Gasteiger partial charge in [-0.15, -0.1) is 0 Å². The molecule has 0 bridgehead atoms. The number of pyridine rings is 1. The van der Waals surface area contributed by atoms with Gasteiger partial charge in [-0.3, -0.25) is 4.79 Å². The Morgan fingerprint density at radius 1 is 1.58 bits per heavy atom. The van der Waals surface area contributed by atoms with Crippen molar-refractivity contribution in [1.29, 1.82) is 0 Å². The van der Waals surface area contributed by atoms with Crippen LogP contribution in [0.4, 0.5) is 0 Å². The van der Waals surface area contributed by atoms with Crippen LogP contribution in [0.2, 0.25) is 0 Å². The maximum atomic E-state index is 11.2. The van der Waals surface area contributed by atoms with E-state index in [9.17, 15) is 4.79 Å². The van der Waals surface area contributed by atoms with E-state index in [0.29, 0.717) is 0 Å². The molecule has 0 unspecified atom stereocenters. The molecule has 1 rings (SSSR count). The van der Waals surface area contributed by atoms with Crippen LogP contribution in [0.1, 0.15) is 19.4 Å². The smallest absolute Gasteiger partial charge is 0.250 e. The molecule has 1 atom stereocenters. The number of aromatic nitrogens is 1. The van der Waals surface area contributed by atoms with E-state index in [-0.39, 0.29) is 18.2 Å². The molecule has 0 aliphatic carbocycles. The van der Waals surface area contributed by atoms with E-state index >= 15 is 0 Å².